The highest BCUT2D eigenvalue weighted by Crippen LogP contribution is 2.24. The Kier molecular flexibility index (Phi) is 10.2. The van der Waals surface area contributed by atoms with Gasteiger partial charge in [-0.25, -0.2) is 0 Å². The summed E-state index contributed by atoms with van der Waals surface area (Å²) in [4.78, 5) is 27.4. The van der Waals surface area contributed by atoms with E-state index in [-0.39, 0.29) is 24.1 Å². The van der Waals surface area contributed by atoms with Crippen molar-refractivity contribution in [1.29, 1.82) is 0 Å². The summed E-state index contributed by atoms with van der Waals surface area (Å²) in [5, 5.41) is 3.93. The van der Waals surface area contributed by atoms with E-state index in [9.17, 15) is 9.59 Å². The number of nitrogens with one attached hydrogen (secondary N) is 1. The van der Waals surface area contributed by atoms with Gasteiger partial charge in [-0.3, -0.25) is 9.59 Å². The van der Waals surface area contributed by atoms with E-state index < -0.39 is 6.04 Å². The SMILES string of the molecule is Cc1ccc(CSCC(=O)N(Cc2ccc(Cl)cc2Cl)[C@H](C)C(=O)NCC(C)C)cc1. The molecule has 0 heterocycles. The molecule has 0 aliphatic carbocycles. The molecule has 1 atom stereocenters. The lowest BCUT2D eigenvalue weighted by molar-refractivity contribution is -0.138. The van der Waals surface area contributed by atoms with Crippen LogP contribution in [0.15, 0.2) is 42.5 Å². The van der Waals surface area contributed by atoms with E-state index in [0.717, 1.165) is 11.3 Å². The zero-order valence-electron chi connectivity index (χ0n) is 18.5. The number of halogens is 2. The zero-order chi connectivity index (χ0) is 23.0. The second-order valence-electron chi connectivity index (χ2n) is 8.05. The molecule has 0 bridgehead atoms. The summed E-state index contributed by atoms with van der Waals surface area (Å²) in [5.74, 6) is 1.07. The molecule has 7 heteroatoms. The summed E-state index contributed by atoms with van der Waals surface area (Å²) in [7, 11) is 0. The quantitative estimate of drug-likeness (QED) is 0.472. The van der Waals surface area contributed by atoms with Gasteiger partial charge in [-0.2, -0.15) is 0 Å². The van der Waals surface area contributed by atoms with Crippen molar-refractivity contribution in [3.05, 3.63) is 69.2 Å². The topological polar surface area (TPSA) is 49.4 Å². The van der Waals surface area contributed by atoms with E-state index in [1.54, 1.807) is 30.0 Å². The fourth-order valence-electron chi connectivity index (χ4n) is 2.89. The van der Waals surface area contributed by atoms with Gasteiger partial charge in [0.1, 0.15) is 6.04 Å². The van der Waals surface area contributed by atoms with Crippen LogP contribution in [0.2, 0.25) is 10.0 Å². The molecular formula is C24H30Cl2N2O2S. The Morgan fingerprint density at radius 3 is 2.35 bits per heavy atom. The average molecular weight is 481 g/mol. The number of thioether (sulfide) groups is 1. The molecule has 0 spiro atoms. The first-order valence-corrected chi connectivity index (χ1v) is 12.2. The molecule has 0 aliphatic heterocycles. The van der Waals surface area contributed by atoms with E-state index in [0.29, 0.717) is 22.5 Å². The van der Waals surface area contributed by atoms with Crippen LogP contribution in [-0.2, 0) is 21.9 Å². The molecule has 2 aromatic carbocycles. The van der Waals surface area contributed by atoms with Crippen molar-refractivity contribution in [2.75, 3.05) is 12.3 Å². The lowest BCUT2D eigenvalue weighted by Gasteiger charge is -2.29. The van der Waals surface area contributed by atoms with Gasteiger partial charge in [0, 0.05) is 28.9 Å². The number of hydrogen-bond acceptors (Lipinski definition) is 3. The van der Waals surface area contributed by atoms with E-state index >= 15 is 0 Å². The fraction of sp³-hybridized carbons (Fsp3) is 0.417. The molecule has 2 rings (SSSR count). The highest BCUT2D eigenvalue weighted by atomic mass is 35.5. The van der Waals surface area contributed by atoms with E-state index in [4.69, 9.17) is 23.2 Å². The largest absolute Gasteiger partial charge is 0.354 e. The first-order chi connectivity index (χ1) is 14.7. The summed E-state index contributed by atoms with van der Waals surface area (Å²) in [5.41, 5.74) is 3.13. The normalized spacial score (nSPS) is 12.0. The number of aryl methyl sites for hydroxylation is 1. The Balaban J connectivity index is 2.09. The molecule has 0 saturated carbocycles. The Hall–Kier alpha value is -1.69. The van der Waals surface area contributed by atoms with Gasteiger partial charge in [0.25, 0.3) is 0 Å². The van der Waals surface area contributed by atoms with Crippen molar-refractivity contribution in [2.45, 2.75) is 46.0 Å². The molecular weight excluding hydrogens is 451 g/mol. The van der Waals surface area contributed by atoms with Gasteiger partial charge < -0.3 is 10.2 Å². The predicted octanol–water partition coefficient (Wildman–Crippen LogP) is 5.72. The third kappa shape index (κ3) is 8.40. The van der Waals surface area contributed by atoms with Crippen LogP contribution in [0, 0.1) is 12.8 Å². The highest BCUT2D eigenvalue weighted by Gasteiger charge is 2.26. The van der Waals surface area contributed by atoms with Gasteiger partial charge in [-0.15, -0.1) is 11.8 Å². The van der Waals surface area contributed by atoms with Gasteiger partial charge in [-0.1, -0.05) is 72.9 Å². The van der Waals surface area contributed by atoms with Crippen LogP contribution in [0.25, 0.3) is 0 Å². The lowest BCUT2D eigenvalue weighted by atomic mass is 10.1. The van der Waals surface area contributed by atoms with Crippen LogP contribution < -0.4 is 5.32 Å². The number of hydrogen-bond donors (Lipinski definition) is 1. The Labute approximate surface area is 199 Å². The highest BCUT2D eigenvalue weighted by molar-refractivity contribution is 7.99. The molecule has 0 fully saturated rings. The Morgan fingerprint density at radius 2 is 1.74 bits per heavy atom. The second kappa shape index (κ2) is 12.4. The monoisotopic (exact) mass is 480 g/mol. The minimum atomic E-state index is -0.613. The molecule has 2 amide bonds. The molecule has 0 radical (unpaired) electrons. The van der Waals surface area contributed by atoms with Crippen molar-refractivity contribution in [3.8, 4) is 0 Å². The number of nitrogens with zero attached hydrogens (tertiary/aromatic N) is 1. The molecule has 31 heavy (non-hydrogen) atoms. The smallest absolute Gasteiger partial charge is 0.242 e. The van der Waals surface area contributed by atoms with Gasteiger partial charge >= 0.3 is 0 Å². The first-order valence-electron chi connectivity index (χ1n) is 10.3. The minimum absolute atomic E-state index is 0.102. The number of carbonyl (C=O) groups is 2. The summed E-state index contributed by atoms with van der Waals surface area (Å²) in [6.07, 6.45) is 0. The third-order valence-electron chi connectivity index (χ3n) is 4.82. The number of amides is 2. The maximum absolute atomic E-state index is 13.1. The van der Waals surface area contributed by atoms with Crippen LogP contribution in [0.4, 0.5) is 0 Å². The maximum Gasteiger partial charge on any atom is 0.242 e. The molecule has 0 aliphatic rings. The summed E-state index contributed by atoms with van der Waals surface area (Å²) < 4.78 is 0. The van der Waals surface area contributed by atoms with Crippen molar-refractivity contribution in [2.24, 2.45) is 5.92 Å². The predicted molar refractivity (Wildman–Crippen MR) is 132 cm³/mol. The Morgan fingerprint density at radius 1 is 1.06 bits per heavy atom. The van der Waals surface area contributed by atoms with E-state index in [1.807, 2.05) is 20.8 Å². The molecule has 0 saturated heterocycles. The molecule has 2 aromatic rings. The first kappa shape index (κ1) is 25.6. The molecule has 1 N–H and O–H groups in total. The molecule has 0 unspecified atom stereocenters. The number of benzene rings is 2. The number of rotatable bonds is 10. The molecule has 168 valence electrons. The van der Waals surface area contributed by atoms with Crippen molar-refractivity contribution in [1.82, 2.24) is 10.2 Å². The maximum atomic E-state index is 13.1. The van der Waals surface area contributed by atoms with Gasteiger partial charge in [0.2, 0.25) is 11.8 Å². The second-order valence-corrected chi connectivity index (χ2v) is 9.88. The standard InChI is InChI=1S/C24H30Cl2N2O2S/c1-16(2)12-27-24(30)18(4)28(13-20-9-10-21(25)11-22(20)26)23(29)15-31-14-19-7-5-17(3)6-8-19/h5-11,16,18H,12-15H2,1-4H3,(H,27,30)/t18-/m1/s1. The van der Waals surface area contributed by atoms with Crippen molar-refractivity contribution < 1.29 is 9.59 Å². The summed E-state index contributed by atoms with van der Waals surface area (Å²) in [6, 6.07) is 12.8. The minimum Gasteiger partial charge on any atom is -0.354 e. The zero-order valence-corrected chi connectivity index (χ0v) is 20.8. The van der Waals surface area contributed by atoms with Crippen LogP contribution in [0.3, 0.4) is 0 Å². The molecule has 0 aromatic heterocycles. The van der Waals surface area contributed by atoms with E-state index in [2.05, 4.69) is 29.6 Å². The van der Waals surface area contributed by atoms with Crippen molar-refractivity contribution in [3.63, 3.8) is 0 Å². The summed E-state index contributed by atoms with van der Waals surface area (Å²) in [6.45, 7) is 8.67. The van der Waals surface area contributed by atoms with Crippen LogP contribution in [0.5, 0.6) is 0 Å². The fourth-order valence-corrected chi connectivity index (χ4v) is 4.23. The van der Waals surface area contributed by atoms with E-state index in [1.165, 1.54) is 22.9 Å². The lowest BCUT2D eigenvalue weighted by Crippen LogP contribution is -2.48. The van der Waals surface area contributed by atoms with Crippen LogP contribution >= 0.6 is 35.0 Å². The van der Waals surface area contributed by atoms with Gasteiger partial charge in [0.15, 0.2) is 0 Å². The van der Waals surface area contributed by atoms with Crippen LogP contribution in [0.1, 0.15) is 37.5 Å². The summed E-state index contributed by atoms with van der Waals surface area (Å²) >= 11 is 13.9. The van der Waals surface area contributed by atoms with Gasteiger partial charge in [0.05, 0.1) is 5.75 Å². The van der Waals surface area contributed by atoms with Gasteiger partial charge in [-0.05, 0) is 43.0 Å². The Bertz CT molecular complexity index is 888. The van der Waals surface area contributed by atoms with Crippen LogP contribution in [-0.4, -0.2) is 35.1 Å². The van der Waals surface area contributed by atoms with Crippen molar-refractivity contribution >= 4 is 46.8 Å². The molecule has 4 nitrogen and oxygen atoms in total. The number of carbonyl (C=O) groups excluding carboxylic acids is 2. The average Bonchev–Trinajstić information content (AvgIpc) is 2.72. The third-order valence-corrected chi connectivity index (χ3v) is 6.40.